The molecule has 1 N–H and O–H groups in total. The number of carboxylic acid groups (broad SMARTS) is 1. The van der Waals surface area contributed by atoms with Crippen molar-refractivity contribution in [3.8, 4) is 0 Å². The Hall–Kier alpha value is -1.10. The number of carboxylic acids is 1. The van der Waals surface area contributed by atoms with Crippen LogP contribution in [-0.2, 0) is 9.59 Å². The first-order valence-corrected chi connectivity index (χ1v) is 6.95. The van der Waals surface area contributed by atoms with Crippen molar-refractivity contribution in [2.24, 2.45) is 17.3 Å². The second-order valence-electron chi connectivity index (χ2n) is 6.62. The van der Waals surface area contributed by atoms with Crippen LogP contribution in [0, 0.1) is 17.3 Å². The first-order chi connectivity index (χ1) is 8.76. The van der Waals surface area contributed by atoms with Gasteiger partial charge in [0.25, 0.3) is 0 Å². The molecule has 0 aromatic carbocycles. The number of rotatable bonds is 3. The maximum absolute atomic E-state index is 12.5. The Morgan fingerprint density at radius 1 is 1.32 bits per heavy atom. The van der Waals surface area contributed by atoms with Crippen molar-refractivity contribution in [3.05, 3.63) is 0 Å². The Morgan fingerprint density at radius 3 is 2.42 bits per heavy atom. The molecule has 0 bridgehead atoms. The third-order valence-corrected chi connectivity index (χ3v) is 4.85. The van der Waals surface area contributed by atoms with Gasteiger partial charge in [-0.15, -0.1) is 0 Å². The maximum atomic E-state index is 12.5. The lowest BCUT2D eigenvalue weighted by Gasteiger charge is -2.36. The number of nitrogens with zero attached hydrogens (tertiary/aromatic N) is 2. The van der Waals surface area contributed by atoms with Gasteiger partial charge in [0.15, 0.2) is 0 Å². The summed E-state index contributed by atoms with van der Waals surface area (Å²) in [6.45, 7) is 5.70. The van der Waals surface area contributed by atoms with Crippen LogP contribution in [0.5, 0.6) is 0 Å². The van der Waals surface area contributed by atoms with E-state index in [1.54, 1.807) is 4.90 Å². The Balaban J connectivity index is 2.02. The van der Waals surface area contributed by atoms with E-state index in [0.29, 0.717) is 0 Å². The predicted octanol–water partition coefficient (Wildman–Crippen LogP) is 0.896. The molecular weight excluding hydrogens is 244 g/mol. The van der Waals surface area contributed by atoms with Gasteiger partial charge >= 0.3 is 5.97 Å². The van der Waals surface area contributed by atoms with Crippen molar-refractivity contribution >= 4 is 11.9 Å². The first kappa shape index (κ1) is 14.3. The molecule has 1 amide bonds. The van der Waals surface area contributed by atoms with E-state index in [2.05, 4.69) is 11.9 Å². The highest BCUT2D eigenvalue weighted by Crippen LogP contribution is 2.59. The van der Waals surface area contributed by atoms with E-state index >= 15 is 0 Å². The lowest BCUT2D eigenvalue weighted by atomic mass is 10.0. The van der Waals surface area contributed by atoms with Crippen LogP contribution in [-0.4, -0.2) is 60.0 Å². The maximum Gasteiger partial charge on any atom is 0.307 e. The molecule has 0 spiro atoms. The second-order valence-corrected chi connectivity index (χ2v) is 6.62. The van der Waals surface area contributed by atoms with Gasteiger partial charge in [0.05, 0.1) is 11.8 Å². The quantitative estimate of drug-likeness (QED) is 0.826. The van der Waals surface area contributed by atoms with Crippen LogP contribution < -0.4 is 0 Å². The number of hydrogen-bond donors (Lipinski definition) is 1. The zero-order valence-corrected chi connectivity index (χ0v) is 12.2. The molecule has 1 aliphatic heterocycles. The molecule has 1 heterocycles. The highest BCUT2D eigenvalue weighted by atomic mass is 16.4. The molecule has 2 fully saturated rings. The number of carbonyl (C=O) groups is 2. The third kappa shape index (κ3) is 2.48. The minimum atomic E-state index is -0.850. The lowest BCUT2D eigenvalue weighted by molar-refractivity contribution is -0.142. The average Bonchev–Trinajstić information content (AvgIpc) is 2.90. The first-order valence-electron chi connectivity index (χ1n) is 6.95. The minimum Gasteiger partial charge on any atom is -0.481 e. The molecule has 3 atom stereocenters. The SMILES string of the molecule is CN1CCCC(N(C)C(=O)C2C(C(=O)O)C2(C)C)C1. The molecule has 2 rings (SSSR count). The fourth-order valence-corrected chi connectivity index (χ4v) is 3.41. The zero-order chi connectivity index (χ0) is 14.4. The number of amides is 1. The summed E-state index contributed by atoms with van der Waals surface area (Å²) < 4.78 is 0. The van der Waals surface area contributed by atoms with Crippen molar-refractivity contribution in [1.29, 1.82) is 0 Å². The number of aliphatic carboxylic acids is 1. The van der Waals surface area contributed by atoms with Crippen LogP contribution in [0.3, 0.4) is 0 Å². The number of hydrogen-bond acceptors (Lipinski definition) is 3. The molecule has 0 aromatic heterocycles. The molecule has 1 saturated carbocycles. The van der Waals surface area contributed by atoms with Gasteiger partial charge in [0.2, 0.25) is 5.91 Å². The smallest absolute Gasteiger partial charge is 0.307 e. The van der Waals surface area contributed by atoms with Gasteiger partial charge in [0.1, 0.15) is 0 Å². The molecule has 3 unspecified atom stereocenters. The summed E-state index contributed by atoms with van der Waals surface area (Å²) in [5.74, 6) is -1.73. The minimum absolute atomic E-state index is 0.00213. The van der Waals surface area contributed by atoms with Gasteiger partial charge in [-0.3, -0.25) is 9.59 Å². The Labute approximate surface area is 114 Å². The topological polar surface area (TPSA) is 60.9 Å². The van der Waals surface area contributed by atoms with Crippen molar-refractivity contribution < 1.29 is 14.7 Å². The van der Waals surface area contributed by atoms with E-state index in [1.165, 1.54) is 0 Å². The Morgan fingerprint density at radius 2 is 1.95 bits per heavy atom. The normalized spacial score (nSPS) is 33.8. The van der Waals surface area contributed by atoms with Crippen molar-refractivity contribution in [3.63, 3.8) is 0 Å². The summed E-state index contributed by atoms with van der Waals surface area (Å²) >= 11 is 0. The molecule has 1 saturated heterocycles. The van der Waals surface area contributed by atoms with Gasteiger partial charge < -0.3 is 14.9 Å². The third-order valence-electron chi connectivity index (χ3n) is 4.85. The summed E-state index contributed by atoms with van der Waals surface area (Å²) in [7, 11) is 3.88. The molecule has 0 radical (unpaired) electrons. The lowest BCUT2D eigenvalue weighted by Crippen LogP contribution is -2.48. The standard InChI is InChI=1S/C14H24N2O3/c1-14(2)10(11(14)13(18)19)12(17)16(4)9-6-5-7-15(3)8-9/h9-11H,5-8H2,1-4H3,(H,18,19). The molecule has 1 aliphatic carbocycles. The molecule has 5 nitrogen and oxygen atoms in total. The van der Waals surface area contributed by atoms with Crippen molar-refractivity contribution in [1.82, 2.24) is 9.80 Å². The van der Waals surface area contributed by atoms with Gasteiger partial charge in [-0.05, 0) is 31.8 Å². The van der Waals surface area contributed by atoms with Gasteiger partial charge in [-0.1, -0.05) is 13.8 Å². The van der Waals surface area contributed by atoms with E-state index in [4.69, 9.17) is 5.11 Å². The fourth-order valence-electron chi connectivity index (χ4n) is 3.41. The summed E-state index contributed by atoms with van der Waals surface area (Å²) in [5, 5.41) is 9.16. The van der Waals surface area contributed by atoms with E-state index in [-0.39, 0.29) is 17.9 Å². The second kappa shape index (κ2) is 4.78. The summed E-state index contributed by atoms with van der Waals surface area (Å²) in [6, 6.07) is 0.220. The highest BCUT2D eigenvalue weighted by molar-refractivity contribution is 5.91. The number of piperidine rings is 1. The van der Waals surface area contributed by atoms with Crippen LogP contribution in [0.15, 0.2) is 0 Å². The van der Waals surface area contributed by atoms with Crippen LogP contribution >= 0.6 is 0 Å². The van der Waals surface area contributed by atoms with Crippen molar-refractivity contribution in [2.45, 2.75) is 32.7 Å². The van der Waals surface area contributed by atoms with Crippen LogP contribution in [0.2, 0.25) is 0 Å². The van der Waals surface area contributed by atoms with Gasteiger partial charge in [-0.2, -0.15) is 0 Å². The summed E-state index contributed by atoms with van der Waals surface area (Å²) in [5.41, 5.74) is -0.405. The molecule has 0 aromatic rings. The van der Waals surface area contributed by atoms with Crippen LogP contribution in [0.4, 0.5) is 0 Å². The van der Waals surface area contributed by atoms with Gasteiger partial charge in [-0.25, -0.2) is 0 Å². The average molecular weight is 268 g/mol. The summed E-state index contributed by atoms with van der Waals surface area (Å²) in [4.78, 5) is 27.7. The molecular formula is C14H24N2O3. The van der Waals surface area contributed by atoms with Crippen LogP contribution in [0.1, 0.15) is 26.7 Å². The summed E-state index contributed by atoms with van der Waals surface area (Å²) in [6.07, 6.45) is 2.10. The number of likely N-dealkylation sites (tertiary alicyclic amines) is 1. The van der Waals surface area contributed by atoms with Crippen molar-refractivity contribution in [2.75, 3.05) is 27.2 Å². The Kier molecular flexibility index (Phi) is 3.60. The van der Waals surface area contributed by atoms with Crippen LogP contribution in [0.25, 0.3) is 0 Å². The molecule has 108 valence electrons. The molecule has 19 heavy (non-hydrogen) atoms. The van der Waals surface area contributed by atoms with E-state index in [0.717, 1.165) is 25.9 Å². The Bertz CT molecular complexity index is 394. The number of likely N-dealkylation sites (N-methyl/N-ethyl adjacent to an activating group) is 2. The largest absolute Gasteiger partial charge is 0.481 e. The number of carbonyl (C=O) groups excluding carboxylic acids is 1. The molecule has 2 aliphatic rings. The zero-order valence-electron chi connectivity index (χ0n) is 12.2. The van der Waals surface area contributed by atoms with E-state index in [9.17, 15) is 9.59 Å². The monoisotopic (exact) mass is 268 g/mol. The van der Waals surface area contributed by atoms with E-state index in [1.807, 2.05) is 20.9 Å². The van der Waals surface area contributed by atoms with E-state index < -0.39 is 17.3 Å². The highest BCUT2D eigenvalue weighted by Gasteiger charge is 2.66. The van der Waals surface area contributed by atoms with Gasteiger partial charge in [0, 0.05) is 19.6 Å². The predicted molar refractivity (Wildman–Crippen MR) is 71.7 cm³/mol. The molecule has 5 heteroatoms. The fraction of sp³-hybridized carbons (Fsp3) is 0.857.